The molecule has 0 aliphatic heterocycles. The topological polar surface area (TPSA) is 0 Å². The zero-order chi connectivity index (χ0) is 14.6. The van der Waals surface area contributed by atoms with Gasteiger partial charge in [0.2, 0.25) is 15.2 Å². The number of hydrogen-bond acceptors (Lipinski definition) is 0. The Morgan fingerprint density at radius 2 is 0.619 bits per heavy atom. The Balaban J connectivity index is 0.00000242. The molecule has 2 saturated carbocycles. The highest BCUT2D eigenvalue weighted by Gasteiger charge is 2.19. The van der Waals surface area contributed by atoms with Gasteiger partial charge >= 0.3 is 0 Å². The summed E-state index contributed by atoms with van der Waals surface area (Å²) in [5, 5.41) is 0. The summed E-state index contributed by atoms with van der Waals surface area (Å²) < 4.78 is 2.33. The minimum Gasteiger partial charge on any atom is -0.0929 e. The van der Waals surface area contributed by atoms with Crippen LogP contribution in [0.5, 0.6) is 0 Å². The van der Waals surface area contributed by atoms with Gasteiger partial charge in [-0.05, 0) is 0 Å². The van der Waals surface area contributed by atoms with Crippen LogP contribution in [-0.2, 0) is 0 Å². The first-order valence-corrected chi connectivity index (χ1v) is 11.6. The van der Waals surface area contributed by atoms with Crippen LogP contribution in [0.3, 0.4) is 0 Å². The maximum absolute atomic E-state index is 1.59. The van der Waals surface area contributed by atoms with Crippen LogP contribution in [0.2, 0.25) is 9.56 Å². The van der Waals surface area contributed by atoms with Crippen molar-refractivity contribution in [1.82, 2.24) is 0 Å². The van der Waals surface area contributed by atoms with Crippen molar-refractivity contribution in [2.24, 2.45) is 0 Å². The molecule has 0 aromatic rings. The molecule has 2 rings (SSSR count). The van der Waals surface area contributed by atoms with Crippen molar-refractivity contribution in [2.45, 2.75) is 125 Å². The number of rotatable bonds is 2. The van der Waals surface area contributed by atoms with E-state index in [-0.39, 0.29) is 1.43 Å². The third-order valence-corrected chi connectivity index (χ3v) is 8.27. The first-order valence-electron chi connectivity index (χ1n) is 10.3. The van der Waals surface area contributed by atoms with Gasteiger partial charge in [0, 0.05) is 1.43 Å². The molecule has 0 nitrogen and oxygen atoms in total. The summed E-state index contributed by atoms with van der Waals surface area (Å²) >= 11 is 0.748. The molecule has 0 atom stereocenters. The third kappa shape index (κ3) is 8.66. The van der Waals surface area contributed by atoms with Gasteiger partial charge in [-0.25, -0.2) is 0 Å². The molecule has 0 N–H and O–H groups in total. The fourth-order valence-corrected chi connectivity index (χ4v) is 6.93. The monoisotopic (exact) mass is 307 g/mol. The van der Waals surface area contributed by atoms with E-state index in [2.05, 4.69) is 0 Å². The molecule has 0 bridgehead atoms. The summed E-state index contributed by atoms with van der Waals surface area (Å²) in [5.41, 5.74) is 0. The first-order chi connectivity index (χ1) is 10.4. The standard InChI is InChI=1S/2C10H19.Al.H2/c2*1-2-4-6-8-10-9-7-5-3-1;;/h2*1H,2-10H2;;1H. The van der Waals surface area contributed by atoms with Crippen LogP contribution in [-0.4, -0.2) is 15.2 Å². The Labute approximate surface area is 142 Å². The second-order valence-corrected chi connectivity index (χ2v) is 10.1. The molecule has 0 heterocycles. The van der Waals surface area contributed by atoms with Gasteiger partial charge in [-0.3, -0.25) is 0 Å². The molecule has 1 heteroatoms. The molecule has 21 heavy (non-hydrogen) atoms. The summed E-state index contributed by atoms with van der Waals surface area (Å²) in [7, 11) is 0. The van der Waals surface area contributed by atoms with Crippen LogP contribution in [0.4, 0.5) is 0 Å². The zero-order valence-corrected chi connectivity index (χ0v) is 15.6. The smallest absolute Gasteiger partial charge is 0.0929 e. The molecule has 2 fully saturated rings. The highest BCUT2D eigenvalue weighted by molar-refractivity contribution is 6.39. The highest BCUT2D eigenvalue weighted by atomic mass is 27.1. The molecule has 2 aliphatic rings. The zero-order valence-electron chi connectivity index (χ0n) is 14.5. The van der Waals surface area contributed by atoms with Crippen molar-refractivity contribution < 1.29 is 1.43 Å². The lowest BCUT2D eigenvalue weighted by Gasteiger charge is -2.24. The van der Waals surface area contributed by atoms with E-state index in [1.807, 2.05) is 0 Å². The Kier molecular flexibility index (Phi) is 10.2. The average molecular weight is 308 g/mol. The van der Waals surface area contributed by atoms with E-state index in [1.165, 1.54) is 64.2 Å². The van der Waals surface area contributed by atoms with Gasteiger partial charge in [-0.2, -0.15) is 0 Å². The molecule has 0 aromatic heterocycles. The number of hydrogen-bond donors (Lipinski definition) is 0. The molecule has 0 saturated heterocycles. The van der Waals surface area contributed by atoms with Crippen LogP contribution in [0.15, 0.2) is 0 Å². The van der Waals surface area contributed by atoms with Crippen LogP contribution in [0, 0.1) is 0 Å². The van der Waals surface area contributed by atoms with Gasteiger partial charge in [-0.1, -0.05) is 125 Å². The Bertz CT molecular complexity index is 200. The Hall–Kier alpha value is 0.532. The van der Waals surface area contributed by atoms with Crippen LogP contribution < -0.4 is 0 Å². The summed E-state index contributed by atoms with van der Waals surface area (Å²) in [6, 6.07) is 0. The van der Waals surface area contributed by atoms with Crippen molar-refractivity contribution in [2.75, 3.05) is 0 Å². The van der Waals surface area contributed by atoms with Gasteiger partial charge in [0.1, 0.15) is 0 Å². The maximum atomic E-state index is 1.59. The third-order valence-electron chi connectivity index (χ3n) is 5.84. The molecule has 1 radical (unpaired) electrons. The van der Waals surface area contributed by atoms with Crippen LogP contribution >= 0.6 is 0 Å². The summed E-state index contributed by atoms with van der Waals surface area (Å²) in [6.07, 6.45) is 27.8. The fraction of sp³-hybridized carbons (Fsp3) is 1.00. The summed E-state index contributed by atoms with van der Waals surface area (Å²) in [5.74, 6) is 0. The predicted molar refractivity (Wildman–Crippen MR) is 98.5 cm³/mol. The first kappa shape index (κ1) is 17.9. The van der Waals surface area contributed by atoms with E-state index in [9.17, 15) is 0 Å². The normalized spacial score (nSPS) is 26.1. The van der Waals surface area contributed by atoms with E-state index in [0.29, 0.717) is 0 Å². The second kappa shape index (κ2) is 12.0. The van der Waals surface area contributed by atoms with Crippen molar-refractivity contribution in [3.63, 3.8) is 0 Å². The fourth-order valence-electron chi connectivity index (χ4n) is 4.45. The minimum atomic E-state index is 0. The van der Waals surface area contributed by atoms with Gasteiger partial charge < -0.3 is 0 Å². The summed E-state index contributed by atoms with van der Waals surface area (Å²) in [4.78, 5) is 0. The summed E-state index contributed by atoms with van der Waals surface area (Å²) in [6.45, 7) is 0. The van der Waals surface area contributed by atoms with Gasteiger partial charge in [0.25, 0.3) is 0 Å². The van der Waals surface area contributed by atoms with Crippen molar-refractivity contribution in [3.05, 3.63) is 0 Å². The minimum absolute atomic E-state index is 0. The Morgan fingerprint density at radius 1 is 0.381 bits per heavy atom. The Morgan fingerprint density at radius 3 is 0.905 bits per heavy atom. The van der Waals surface area contributed by atoms with Crippen molar-refractivity contribution >= 4 is 15.2 Å². The molecule has 123 valence electrons. The average Bonchev–Trinajstić information content (AvgIpc) is 2.52. The van der Waals surface area contributed by atoms with Gasteiger partial charge in [0.15, 0.2) is 0 Å². The highest BCUT2D eigenvalue weighted by Crippen LogP contribution is 2.33. The van der Waals surface area contributed by atoms with Crippen LogP contribution in [0.1, 0.15) is 117 Å². The van der Waals surface area contributed by atoms with E-state index in [1.54, 1.807) is 51.4 Å². The molecular weight excluding hydrogens is 267 g/mol. The molecule has 0 amide bonds. The van der Waals surface area contributed by atoms with E-state index in [0.717, 1.165) is 24.8 Å². The van der Waals surface area contributed by atoms with E-state index < -0.39 is 0 Å². The van der Waals surface area contributed by atoms with E-state index >= 15 is 0 Å². The lowest BCUT2D eigenvalue weighted by atomic mass is 10.00. The molecule has 0 spiro atoms. The largest absolute Gasteiger partial charge is 0.210 e. The van der Waals surface area contributed by atoms with Crippen molar-refractivity contribution in [1.29, 1.82) is 0 Å². The predicted octanol–water partition coefficient (Wildman–Crippen LogP) is 7.56. The maximum Gasteiger partial charge on any atom is 0.210 e. The molecule has 0 unspecified atom stereocenters. The van der Waals surface area contributed by atoms with Gasteiger partial charge in [0.05, 0.1) is 0 Å². The second-order valence-electron chi connectivity index (χ2n) is 7.82. The lowest BCUT2D eigenvalue weighted by Crippen LogP contribution is -2.13. The van der Waals surface area contributed by atoms with Crippen molar-refractivity contribution in [3.8, 4) is 0 Å². The van der Waals surface area contributed by atoms with E-state index in [4.69, 9.17) is 0 Å². The molecule has 2 aliphatic carbocycles. The lowest BCUT2D eigenvalue weighted by molar-refractivity contribution is 0.482. The molecular formula is C20H40Al. The van der Waals surface area contributed by atoms with Crippen LogP contribution in [0.25, 0.3) is 0 Å². The SMILES string of the molecule is C1CCCC[CH]([Al][CH]2CCCCCCCCC2)CCCC1.[HH]. The van der Waals surface area contributed by atoms with Gasteiger partial charge in [-0.15, -0.1) is 0 Å². The molecule has 0 aromatic carbocycles. The quantitative estimate of drug-likeness (QED) is 0.462.